The molecule has 0 atom stereocenters. The highest BCUT2D eigenvalue weighted by Gasteiger charge is 2.31. The molecule has 0 saturated carbocycles. The van der Waals surface area contributed by atoms with Crippen molar-refractivity contribution in [2.75, 3.05) is 0 Å². The molecular formula is C7H4F3N3O3. The van der Waals surface area contributed by atoms with Gasteiger partial charge in [0.1, 0.15) is 11.3 Å². The van der Waals surface area contributed by atoms with Crippen LogP contribution in [0.25, 0.3) is 0 Å². The molecule has 0 aliphatic carbocycles. The van der Waals surface area contributed by atoms with Crippen LogP contribution in [-0.4, -0.2) is 15.8 Å². The average molecular weight is 235 g/mol. The van der Waals surface area contributed by atoms with E-state index in [-0.39, 0.29) is 6.20 Å². The molecule has 0 aliphatic rings. The Hall–Kier alpha value is -2.19. The van der Waals surface area contributed by atoms with Gasteiger partial charge in [0.05, 0.1) is 11.1 Å². The minimum absolute atomic E-state index is 0.242. The molecule has 2 N–H and O–H groups in total. The van der Waals surface area contributed by atoms with Crippen molar-refractivity contribution >= 4 is 11.6 Å². The number of nitrogens with zero attached hydrogens (tertiary/aromatic N) is 2. The number of halogens is 3. The van der Waals surface area contributed by atoms with Crippen LogP contribution in [0.5, 0.6) is 0 Å². The molecule has 1 rings (SSSR count). The molecule has 1 aromatic heterocycles. The van der Waals surface area contributed by atoms with Gasteiger partial charge < -0.3 is 5.73 Å². The van der Waals surface area contributed by atoms with Crippen molar-refractivity contribution in [3.8, 4) is 0 Å². The van der Waals surface area contributed by atoms with Crippen LogP contribution in [0.1, 0.15) is 22.5 Å². The molecule has 0 radical (unpaired) electrons. The Labute approximate surface area is 86.0 Å². The second-order valence-electron chi connectivity index (χ2n) is 2.64. The predicted molar refractivity (Wildman–Crippen MR) is 44.3 cm³/mol. The van der Waals surface area contributed by atoms with Crippen LogP contribution in [0.4, 0.5) is 18.9 Å². The zero-order valence-electron chi connectivity index (χ0n) is 7.49. The van der Waals surface area contributed by atoms with Gasteiger partial charge in [0, 0.05) is 0 Å². The second-order valence-corrected chi connectivity index (χ2v) is 2.64. The van der Waals surface area contributed by atoms with Crippen LogP contribution in [0.2, 0.25) is 0 Å². The van der Waals surface area contributed by atoms with Gasteiger partial charge >= 0.3 is 5.69 Å². The van der Waals surface area contributed by atoms with E-state index in [2.05, 4.69) is 10.7 Å². The number of hydrogen-bond acceptors (Lipinski definition) is 4. The summed E-state index contributed by atoms with van der Waals surface area (Å²) in [5.74, 6) is -3.03. The van der Waals surface area contributed by atoms with Gasteiger partial charge in [-0.2, -0.15) is 4.39 Å². The second kappa shape index (κ2) is 4.13. The zero-order valence-corrected chi connectivity index (χ0v) is 7.49. The SMILES string of the molecule is NC(=O)c1c(C(F)F)ncc(F)c1[N+](=O)[O-]. The molecule has 0 saturated heterocycles. The van der Waals surface area contributed by atoms with E-state index in [4.69, 9.17) is 0 Å². The molecule has 86 valence electrons. The molecule has 16 heavy (non-hydrogen) atoms. The monoisotopic (exact) mass is 235 g/mol. The Kier molecular flexibility index (Phi) is 3.06. The van der Waals surface area contributed by atoms with Gasteiger partial charge in [-0.1, -0.05) is 0 Å². The molecule has 0 unspecified atom stereocenters. The number of nitro groups is 1. The molecule has 0 spiro atoms. The highest BCUT2D eigenvalue weighted by molar-refractivity contribution is 5.98. The summed E-state index contributed by atoms with van der Waals surface area (Å²) in [5.41, 5.74) is 0.869. The molecular weight excluding hydrogens is 231 g/mol. The summed E-state index contributed by atoms with van der Waals surface area (Å²) < 4.78 is 37.6. The number of aromatic nitrogens is 1. The van der Waals surface area contributed by atoms with E-state index < -0.39 is 40.0 Å². The number of carbonyl (C=O) groups excluding carboxylic acids is 1. The van der Waals surface area contributed by atoms with Crippen molar-refractivity contribution in [3.05, 3.63) is 33.4 Å². The fourth-order valence-electron chi connectivity index (χ4n) is 1.08. The third-order valence-corrected chi connectivity index (χ3v) is 1.67. The quantitative estimate of drug-likeness (QED) is 0.627. The van der Waals surface area contributed by atoms with Gasteiger partial charge in [0.2, 0.25) is 5.82 Å². The van der Waals surface area contributed by atoms with Gasteiger partial charge in [0.25, 0.3) is 12.3 Å². The topological polar surface area (TPSA) is 99.1 Å². The van der Waals surface area contributed by atoms with Crippen LogP contribution in [0.3, 0.4) is 0 Å². The summed E-state index contributed by atoms with van der Waals surface area (Å²) in [5, 5.41) is 10.4. The lowest BCUT2D eigenvalue weighted by atomic mass is 10.1. The maximum Gasteiger partial charge on any atom is 0.321 e. The molecule has 1 amide bonds. The third-order valence-electron chi connectivity index (χ3n) is 1.67. The summed E-state index contributed by atoms with van der Waals surface area (Å²) in [6.45, 7) is 0. The third kappa shape index (κ3) is 1.92. The largest absolute Gasteiger partial charge is 0.365 e. The van der Waals surface area contributed by atoms with Crippen LogP contribution in [0, 0.1) is 15.9 Å². The minimum Gasteiger partial charge on any atom is -0.365 e. The number of carbonyl (C=O) groups is 1. The van der Waals surface area contributed by atoms with E-state index in [1.165, 1.54) is 0 Å². The molecule has 0 fully saturated rings. The first-order chi connectivity index (χ1) is 7.36. The van der Waals surface area contributed by atoms with Gasteiger partial charge in [0.15, 0.2) is 0 Å². The highest BCUT2D eigenvalue weighted by Crippen LogP contribution is 2.29. The van der Waals surface area contributed by atoms with E-state index in [1.54, 1.807) is 0 Å². The Morgan fingerprint density at radius 3 is 2.50 bits per heavy atom. The van der Waals surface area contributed by atoms with Gasteiger partial charge in [-0.15, -0.1) is 0 Å². The fraction of sp³-hybridized carbons (Fsp3) is 0.143. The number of alkyl halides is 2. The normalized spacial score (nSPS) is 10.5. The molecule has 1 heterocycles. The van der Waals surface area contributed by atoms with Crippen molar-refractivity contribution in [3.63, 3.8) is 0 Å². The van der Waals surface area contributed by atoms with Gasteiger partial charge in [-0.05, 0) is 0 Å². The lowest BCUT2D eigenvalue weighted by Gasteiger charge is -2.05. The standard InChI is InChI=1S/C7H4F3N3O3/c8-2-1-12-4(6(9)10)3(7(11)14)5(2)13(15)16/h1,6H,(H2,11,14). The first-order valence-corrected chi connectivity index (χ1v) is 3.77. The molecule has 1 aromatic rings. The Morgan fingerprint density at radius 2 is 2.12 bits per heavy atom. The smallest absolute Gasteiger partial charge is 0.321 e. The van der Waals surface area contributed by atoms with Crippen molar-refractivity contribution in [2.24, 2.45) is 5.73 Å². The van der Waals surface area contributed by atoms with Crippen molar-refractivity contribution < 1.29 is 22.9 Å². The van der Waals surface area contributed by atoms with Crippen LogP contribution in [-0.2, 0) is 0 Å². The molecule has 0 aromatic carbocycles. The highest BCUT2D eigenvalue weighted by atomic mass is 19.3. The number of hydrogen-bond donors (Lipinski definition) is 1. The lowest BCUT2D eigenvalue weighted by Crippen LogP contribution is -2.18. The number of amides is 1. The van der Waals surface area contributed by atoms with Crippen LogP contribution < -0.4 is 5.73 Å². The predicted octanol–water partition coefficient (Wildman–Crippen LogP) is 1.17. The maximum atomic E-state index is 12.9. The van der Waals surface area contributed by atoms with E-state index in [0.717, 1.165) is 0 Å². The number of pyridine rings is 1. The molecule has 6 nitrogen and oxygen atoms in total. The van der Waals surface area contributed by atoms with E-state index in [1.807, 2.05) is 0 Å². The van der Waals surface area contributed by atoms with E-state index >= 15 is 0 Å². The molecule has 0 bridgehead atoms. The first kappa shape index (κ1) is 11.9. The fourth-order valence-corrected chi connectivity index (χ4v) is 1.08. The summed E-state index contributed by atoms with van der Waals surface area (Å²) in [7, 11) is 0. The Balaban J connectivity index is 3.63. The first-order valence-electron chi connectivity index (χ1n) is 3.77. The van der Waals surface area contributed by atoms with Gasteiger partial charge in [-0.25, -0.2) is 8.78 Å². The Morgan fingerprint density at radius 1 is 1.56 bits per heavy atom. The summed E-state index contributed by atoms with van der Waals surface area (Å²) in [6.07, 6.45) is -3.02. The zero-order chi connectivity index (χ0) is 12.5. The van der Waals surface area contributed by atoms with Crippen LogP contribution in [0.15, 0.2) is 6.20 Å². The van der Waals surface area contributed by atoms with Crippen molar-refractivity contribution in [2.45, 2.75) is 6.43 Å². The van der Waals surface area contributed by atoms with E-state index in [0.29, 0.717) is 0 Å². The number of rotatable bonds is 3. The van der Waals surface area contributed by atoms with Crippen LogP contribution >= 0.6 is 0 Å². The minimum atomic E-state index is -3.26. The maximum absolute atomic E-state index is 12.9. The summed E-state index contributed by atoms with van der Waals surface area (Å²) >= 11 is 0. The summed E-state index contributed by atoms with van der Waals surface area (Å²) in [4.78, 5) is 22.8. The van der Waals surface area contributed by atoms with Crippen molar-refractivity contribution in [1.82, 2.24) is 4.98 Å². The van der Waals surface area contributed by atoms with E-state index in [9.17, 15) is 28.1 Å². The lowest BCUT2D eigenvalue weighted by molar-refractivity contribution is -0.388. The van der Waals surface area contributed by atoms with Crippen molar-refractivity contribution in [1.29, 1.82) is 0 Å². The number of primary amides is 1. The summed E-state index contributed by atoms with van der Waals surface area (Å²) in [6, 6.07) is 0. The Bertz CT molecular complexity index is 464. The van der Waals surface area contributed by atoms with Gasteiger partial charge in [-0.3, -0.25) is 19.9 Å². The molecule has 0 aliphatic heterocycles. The number of nitrogens with two attached hydrogens (primary N) is 1. The average Bonchev–Trinajstić information content (AvgIpc) is 2.15. The molecule has 9 heteroatoms.